The minimum Gasteiger partial charge on any atom is -0.383 e. The molecule has 0 aliphatic heterocycles. The molecule has 0 aliphatic rings. The third-order valence-electron chi connectivity index (χ3n) is 2.68. The van der Waals surface area contributed by atoms with E-state index >= 15 is 0 Å². The molecule has 0 saturated carbocycles. The second-order valence-corrected chi connectivity index (χ2v) is 4.43. The molecule has 1 aromatic carbocycles. The summed E-state index contributed by atoms with van der Waals surface area (Å²) in [5.41, 5.74) is 0.962. The Morgan fingerprint density at radius 3 is 3.06 bits per heavy atom. The molecule has 5 heteroatoms. The monoisotopic (exact) mass is 266 g/mol. The summed E-state index contributed by atoms with van der Waals surface area (Å²) in [4.78, 5) is 11.7. The number of nitrogens with one attached hydrogen (secondary N) is 1. The molecule has 1 N–H and O–H groups in total. The van der Waals surface area contributed by atoms with Gasteiger partial charge in [-0.2, -0.15) is 0 Å². The Bertz CT molecular complexity index is 551. The van der Waals surface area contributed by atoms with E-state index in [0.717, 1.165) is 10.9 Å². The molecule has 2 rings (SSSR count). The molecule has 1 amide bonds. The largest absolute Gasteiger partial charge is 0.383 e. The SMILES string of the molecule is COCCNC(=O)Cn1ccc2ccc(Cl)cc21. The van der Waals surface area contributed by atoms with Gasteiger partial charge in [-0.15, -0.1) is 0 Å². The van der Waals surface area contributed by atoms with Gasteiger partial charge in [0.1, 0.15) is 6.54 Å². The van der Waals surface area contributed by atoms with Crippen LogP contribution in [0.3, 0.4) is 0 Å². The van der Waals surface area contributed by atoms with Gasteiger partial charge in [-0.25, -0.2) is 0 Å². The summed E-state index contributed by atoms with van der Waals surface area (Å²) in [5.74, 6) is -0.0375. The van der Waals surface area contributed by atoms with E-state index in [1.807, 2.05) is 35.0 Å². The molecule has 0 fully saturated rings. The number of nitrogens with zero attached hydrogens (tertiary/aromatic N) is 1. The van der Waals surface area contributed by atoms with E-state index in [0.29, 0.717) is 18.2 Å². The summed E-state index contributed by atoms with van der Waals surface area (Å²) in [6.45, 7) is 1.33. The van der Waals surface area contributed by atoms with Crippen LogP contribution in [-0.4, -0.2) is 30.7 Å². The first kappa shape index (κ1) is 12.9. The zero-order chi connectivity index (χ0) is 13.0. The quantitative estimate of drug-likeness (QED) is 0.842. The summed E-state index contributed by atoms with van der Waals surface area (Å²) in [6, 6.07) is 7.61. The van der Waals surface area contributed by atoms with Crippen LogP contribution in [-0.2, 0) is 16.1 Å². The lowest BCUT2D eigenvalue weighted by molar-refractivity contribution is -0.121. The van der Waals surface area contributed by atoms with Crippen LogP contribution in [0, 0.1) is 0 Å². The number of carbonyl (C=O) groups excluding carboxylic acids is 1. The molecule has 2 aromatic rings. The van der Waals surface area contributed by atoms with E-state index in [-0.39, 0.29) is 12.5 Å². The van der Waals surface area contributed by atoms with Gasteiger partial charge >= 0.3 is 0 Å². The number of ether oxygens (including phenoxy) is 1. The van der Waals surface area contributed by atoms with Gasteiger partial charge in [0, 0.05) is 30.4 Å². The molecule has 0 saturated heterocycles. The first-order valence-corrected chi connectivity index (χ1v) is 6.08. The average molecular weight is 267 g/mol. The molecule has 96 valence electrons. The number of fused-ring (bicyclic) bond motifs is 1. The second-order valence-electron chi connectivity index (χ2n) is 3.99. The van der Waals surface area contributed by atoms with Crippen LogP contribution in [0.2, 0.25) is 5.02 Å². The fourth-order valence-corrected chi connectivity index (χ4v) is 1.96. The molecule has 0 unspecified atom stereocenters. The molecule has 1 heterocycles. The fourth-order valence-electron chi connectivity index (χ4n) is 1.80. The number of carbonyl (C=O) groups is 1. The van der Waals surface area contributed by atoms with Crippen molar-refractivity contribution in [3.05, 3.63) is 35.5 Å². The standard InChI is InChI=1S/C13H15ClN2O2/c1-18-7-5-15-13(17)9-16-6-4-10-2-3-11(14)8-12(10)16/h2-4,6,8H,5,7,9H2,1H3,(H,15,17). The Balaban J connectivity index is 2.07. The zero-order valence-electron chi connectivity index (χ0n) is 10.1. The lowest BCUT2D eigenvalue weighted by Crippen LogP contribution is -2.30. The van der Waals surface area contributed by atoms with E-state index in [2.05, 4.69) is 5.32 Å². The van der Waals surface area contributed by atoms with Crippen LogP contribution in [0.1, 0.15) is 0 Å². The lowest BCUT2D eigenvalue weighted by atomic mass is 10.2. The van der Waals surface area contributed by atoms with E-state index < -0.39 is 0 Å². The predicted molar refractivity (Wildman–Crippen MR) is 71.8 cm³/mol. The van der Waals surface area contributed by atoms with Crippen LogP contribution >= 0.6 is 11.6 Å². The van der Waals surface area contributed by atoms with Crippen LogP contribution in [0.25, 0.3) is 10.9 Å². The number of rotatable bonds is 5. The smallest absolute Gasteiger partial charge is 0.240 e. The van der Waals surface area contributed by atoms with Crippen molar-refractivity contribution < 1.29 is 9.53 Å². The molecule has 0 atom stereocenters. The molecule has 0 aliphatic carbocycles. The summed E-state index contributed by atoms with van der Waals surface area (Å²) in [7, 11) is 1.60. The Kier molecular flexibility index (Phi) is 4.23. The third kappa shape index (κ3) is 3.03. The van der Waals surface area contributed by atoms with Crippen molar-refractivity contribution in [2.24, 2.45) is 0 Å². The highest BCUT2D eigenvalue weighted by Crippen LogP contribution is 2.20. The molecular formula is C13H15ClN2O2. The van der Waals surface area contributed by atoms with Gasteiger partial charge in [-0.1, -0.05) is 17.7 Å². The minimum absolute atomic E-state index is 0.0375. The predicted octanol–water partition coefficient (Wildman–Crippen LogP) is 2.06. The van der Waals surface area contributed by atoms with Gasteiger partial charge in [0.15, 0.2) is 0 Å². The Morgan fingerprint density at radius 1 is 1.44 bits per heavy atom. The first-order chi connectivity index (χ1) is 8.70. The molecule has 0 bridgehead atoms. The maximum Gasteiger partial charge on any atom is 0.240 e. The van der Waals surface area contributed by atoms with Crippen LogP contribution in [0.15, 0.2) is 30.5 Å². The molecule has 0 radical (unpaired) electrons. The van der Waals surface area contributed by atoms with Gasteiger partial charge in [-0.05, 0) is 23.6 Å². The minimum atomic E-state index is -0.0375. The van der Waals surface area contributed by atoms with E-state index in [1.54, 1.807) is 7.11 Å². The van der Waals surface area contributed by atoms with Gasteiger partial charge < -0.3 is 14.6 Å². The summed E-state index contributed by atoms with van der Waals surface area (Å²) >= 11 is 5.96. The number of halogens is 1. The van der Waals surface area contributed by atoms with Crippen molar-refractivity contribution in [3.8, 4) is 0 Å². The number of aromatic nitrogens is 1. The van der Waals surface area contributed by atoms with Crippen molar-refractivity contribution in [2.75, 3.05) is 20.3 Å². The van der Waals surface area contributed by atoms with Crippen molar-refractivity contribution >= 4 is 28.4 Å². The number of hydrogen-bond acceptors (Lipinski definition) is 2. The van der Waals surface area contributed by atoms with Crippen LogP contribution < -0.4 is 5.32 Å². The average Bonchev–Trinajstić information content (AvgIpc) is 2.72. The second kappa shape index (κ2) is 5.89. The number of amides is 1. The van der Waals surface area contributed by atoms with Gasteiger partial charge in [0.2, 0.25) is 5.91 Å². The summed E-state index contributed by atoms with van der Waals surface area (Å²) in [5, 5.41) is 4.53. The highest BCUT2D eigenvalue weighted by atomic mass is 35.5. The van der Waals surface area contributed by atoms with Crippen molar-refractivity contribution in [2.45, 2.75) is 6.54 Å². The van der Waals surface area contributed by atoms with Crippen molar-refractivity contribution in [3.63, 3.8) is 0 Å². The molecule has 0 spiro atoms. The molecule has 18 heavy (non-hydrogen) atoms. The van der Waals surface area contributed by atoms with Crippen LogP contribution in [0.5, 0.6) is 0 Å². The van der Waals surface area contributed by atoms with Crippen molar-refractivity contribution in [1.82, 2.24) is 9.88 Å². The van der Waals surface area contributed by atoms with Crippen molar-refractivity contribution in [1.29, 1.82) is 0 Å². The molecule has 1 aromatic heterocycles. The molecule has 4 nitrogen and oxygen atoms in total. The Labute approximate surface area is 110 Å². The number of methoxy groups -OCH3 is 1. The topological polar surface area (TPSA) is 43.3 Å². The van der Waals surface area contributed by atoms with E-state index in [9.17, 15) is 4.79 Å². The summed E-state index contributed by atoms with van der Waals surface area (Å²) in [6.07, 6.45) is 1.89. The fraction of sp³-hybridized carbons (Fsp3) is 0.308. The zero-order valence-corrected chi connectivity index (χ0v) is 10.9. The normalized spacial score (nSPS) is 10.8. The van der Waals surface area contributed by atoms with Gasteiger partial charge in [-0.3, -0.25) is 4.79 Å². The summed E-state index contributed by atoms with van der Waals surface area (Å²) < 4.78 is 6.75. The third-order valence-corrected chi connectivity index (χ3v) is 2.91. The maximum absolute atomic E-state index is 11.7. The number of benzene rings is 1. The van der Waals surface area contributed by atoms with E-state index in [1.165, 1.54) is 0 Å². The maximum atomic E-state index is 11.7. The molecular weight excluding hydrogens is 252 g/mol. The van der Waals surface area contributed by atoms with E-state index in [4.69, 9.17) is 16.3 Å². The highest BCUT2D eigenvalue weighted by molar-refractivity contribution is 6.31. The lowest BCUT2D eigenvalue weighted by Gasteiger charge is -2.07. The van der Waals surface area contributed by atoms with Gasteiger partial charge in [0.05, 0.1) is 6.61 Å². The van der Waals surface area contributed by atoms with Gasteiger partial charge in [0.25, 0.3) is 0 Å². The number of hydrogen-bond donors (Lipinski definition) is 1. The van der Waals surface area contributed by atoms with Crippen LogP contribution in [0.4, 0.5) is 0 Å². The highest BCUT2D eigenvalue weighted by Gasteiger charge is 2.06. The first-order valence-electron chi connectivity index (χ1n) is 5.71. The Hall–Kier alpha value is -1.52. The Morgan fingerprint density at radius 2 is 2.28 bits per heavy atom.